The van der Waals surface area contributed by atoms with Gasteiger partial charge in [0.25, 0.3) is 0 Å². The first-order valence-corrected chi connectivity index (χ1v) is 12.0. The van der Waals surface area contributed by atoms with Gasteiger partial charge in [-0.05, 0) is 20.3 Å². The summed E-state index contributed by atoms with van der Waals surface area (Å²) in [5.74, 6) is -0.995. The van der Waals surface area contributed by atoms with Crippen molar-refractivity contribution in [2.75, 3.05) is 6.61 Å². The maximum Gasteiger partial charge on any atom is 0.335 e. The van der Waals surface area contributed by atoms with Crippen LogP contribution >= 0.6 is 0 Å². The quantitative estimate of drug-likeness (QED) is 0.206. The van der Waals surface area contributed by atoms with Gasteiger partial charge in [-0.15, -0.1) is 0 Å². The average Bonchev–Trinajstić information content (AvgIpc) is 2.63. The molecule has 4 nitrogen and oxygen atoms in total. The molecule has 0 rings (SSSR count). The van der Waals surface area contributed by atoms with E-state index in [-0.39, 0.29) is 6.42 Å². The van der Waals surface area contributed by atoms with Crippen LogP contribution in [0.3, 0.4) is 0 Å². The molecule has 0 amide bonds. The molecule has 2 atom stereocenters. The van der Waals surface area contributed by atoms with Crippen molar-refractivity contribution in [3.63, 3.8) is 0 Å². The van der Waals surface area contributed by atoms with E-state index in [9.17, 15) is 15.0 Å². The van der Waals surface area contributed by atoms with Crippen molar-refractivity contribution in [2.24, 2.45) is 0 Å². The fourth-order valence-electron chi connectivity index (χ4n) is 3.72. The molecule has 2 N–H and O–H groups in total. The van der Waals surface area contributed by atoms with Gasteiger partial charge in [-0.2, -0.15) is 0 Å². The topological polar surface area (TPSA) is 66.8 Å². The normalized spacial score (nSPS) is 14.7. The summed E-state index contributed by atoms with van der Waals surface area (Å²) in [7, 11) is 0. The number of carbonyl (C=O) groups is 1. The summed E-state index contributed by atoms with van der Waals surface area (Å²) in [5, 5.41) is 18.7. The molecule has 4 heteroatoms. The lowest BCUT2D eigenvalue weighted by molar-refractivity contribution is -0.167. The van der Waals surface area contributed by atoms with Gasteiger partial charge < -0.3 is 14.9 Å². The Bertz CT molecular complexity index is 357. The number of hydrogen-bond donors (Lipinski definition) is 2. The maximum atomic E-state index is 11.3. The first-order valence-electron chi connectivity index (χ1n) is 12.0. The molecule has 0 aromatic rings. The van der Waals surface area contributed by atoms with Crippen molar-refractivity contribution < 1.29 is 19.7 Å². The molecule has 0 radical (unpaired) electrons. The Hall–Kier alpha value is -0.610. The van der Waals surface area contributed by atoms with E-state index in [1.807, 2.05) is 0 Å². The number of carboxylic acid groups (broad SMARTS) is 1. The van der Waals surface area contributed by atoms with Crippen molar-refractivity contribution >= 4 is 5.97 Å². The largest absolute Gasteiger partial charge is 0.479 e. The number of unbranched alkanes of at least 4 members (excludes halogenated alkanes) is 15. The van der Waals surface area contributed by atoms with Crippen LogP contribution in [-0.2, 0) is 9.53 Å². The Labute approximate surface area is 174 Å². The van der Waals surface area contributed by atoms with Gasteiger partial charge in [0, 0.05) is 13.0 Å². The molecule has 0 saturated carbocycles. The molecule has 28 heavy (non-hydrogen) atoms. The highest BCUT2D eigenvalue weighted by Gasteiger charge is 2.35. The summed E-state index contributed by atoms with van der Waals surface area (Å²) in [5.41, 5.74) is -1.27. The molecule has 0 fully saturated rings. The number of aliphatic hydroxyl groups excluding tert-OH is 1. The van der Waals surface area contributed by atoms with Crippen LogP contribution in [0.25, 0.3) is 0 Å². The molecule has 0 aliphatic rings. The number of ether oxygens (including phenoxy) is 1. The molecule has 168 valence electrons. The van der Waals surface area contributed by atoms with Crippen LogP contribution < -0.4 is 0 Å². The lowest BCUT2D eigenvalue weighted by Gasteiger charge is -2.26. The molecule has 0 aromatic carbocycles. The van der Waals surface area contributed by atoms with Crippen molar-refractivity contribution in [1.82, 2.24) is 0 Å². The van der Waals surface area contributed by atoms with E-state index in [1.54, 1.807) is 13.8 Å². The fraction of sp³-hybridized carbons (Fsp3) is 0.958. The highest BCUT2D eigenvalue weighted by Crippen LogP contribution is 2.19. The maximum absolute atomic E-state index is 11.3. The lowest BCUT2D eigenvalue weighted by atomic mass is 9.99. The molecule has 0 spiro atoms. The predicted octanol–water partition coefficient (Wildman–Crippen LogP) is 6.88. The van der Waals surface area contributed by atoms with Crippen LogP contribution in [0.4, 0.5) is 0 Å². The molecule has 0 bridgehead atoms. The molecule has 0 heterocycles. The van der Waals surface area contributed by atoms with Gasteiger partial charge in [-0.1, -0.05) is 103 Å². The fourth-order valence-corrected chi connectivity index (χ4v) is 3.72. The first kappa shape index (κ1) is 27.4. The van der Waals surface area contributed by atoms with Crippen molar-refractivity contribution in [3.05, 3.63) is 0 Å². The summed E-state index contributed by atoms with van der Waals surface area (Å²) in [6, 6.07) is 0. The van der Waals surface area contributed by atoms with Gasteiger partial charge in [0.1, 0.15) is 0 Å². The van der Waals surface area contributed by atoms with E-state index in [0.717, 1.165) is 12.8 Å². The van der Waals surface area contributed by atoms with Crippen LogP contribution in [-0.4, -0.2) is 34.5 Å². The van der Waals surface area contributed by atoms with Crippen LogP contribution in [0.15, 0.2) is 0 Å². The third-order valence-electron chi connectivity index (χ3n) is 5.56. The van der Waals surface area contributed by atoms with Gasteiger partial charge in [0.15, 0.2) is 5.60 Å². The summed E-state index contributed by atoms with van der Waals surface area (Å²) in [6.07, 6.45) is 20.5. The molecular weight excluding hydrogens is 352 g/mol. The van der Waals surface area contributed by atoms with E-state index in [2.05, 4.69) is 6.92 Å². The Morgan fingerprint density at radius 1 is 0.786 bits per heavy atom. The van der Waals surface area contributed by atoms with Crippen molar-refractivity contribution in [1.29, 1.82) is 0 Å². The standard InChI is InChI=1S/C24H48O4/c1-4-5-6-7-8-9-10-11-12-13-14-15-16-17-18-19-20-28-24(3,23(26)27)21-22(2)25/h22,25H,4-21H2,1-3H3,(H,26,27). The minimum Gasteiger partial charge on any atom is -0.479 e. The van der Waals surface area contributed by atoms with Crippen LogP contribution in [0.1, 0.15) is 130 Å². The zero-order chi connectivity index (χ0) is 21.1. The van der Waals surface area contributed by atoms with E-state index in [0.29, 0.717) is 6.61 Å². The minimum atomic E-state index is -1.27. The van der Waals surface area contributed by atoms with Crippen molar-refractivity contribution in [3.8, 4) is 0 Å². The SMILES string of the molecule is CCCCCCCCCCCCCCCCCCOC(C)(CC(C)O)C(=O)O. The zero-order valence-corrected chi connectivity index (χ0v) is 19.0. The highest BCUT2D eigenvalue weighted by molar-refractivity contribution is 5.76. The third kappa shape index (κ3) is 16.4. The smallest absolute Gasteiger partial charge is 0.335 e. The molecule has 0 aliphatic carbocycles. The molecule has 0 saturated heterocycles. The molecule has 2 unspecified atom stereocenters. The zero-order valence-electron chi connectivity index (χ0n) is 19.0. The highest BCUT2D eigenvalue weighted by atomic mass is 16.5. The minimum absolute atomic E-state index is 0.126. The summed E-state index contributed by atoms with van der Waals surface area (Å²) in [6.45, 7) is 5.87. The summed E-state index contributed by atoms with van der Waals surface area (Å²) in [4.78, 5) is 11.3. The molecule has 0 aromatic heterocycles. The number of aliphatic carboxylic acids is 1. The van der Waals surface area contributed by atoms with Gasteiger partial charge in [-0.25, -0.2) is 4.79 Å². The second kappa shape index (κ2) is 18.4. The van der Waals surface area contributed by atoms with Gasteiger partial charge >= 0.3 is 5.97 Å². The van der Waals surface area contributed by atoms with E-state index >= 15 is 0 Å². The summed E-state index contributed by atoms with van der Waals surface area (Å²) < 4.78 is 5.56. The number of rotatable bonds is 21. The van der Waals surface area contributed by atoms with E-state index < -0.39 is 17.7 Å². The first-order chi connectivity index (χ1) is 13.4. The predicted molar refractivity (Wildman–Crippen MR) is 118 cm³/mol. The van der Waals surface area contributed by atoms with Crippen LogP contribution in [0.2, 0.25) is 0 Å². The number of carboxylic acids is 1. The molecule has 0 aliphatic heterocycles. The van der Waals surface area contributed by atoms with Crippen LogP contribution in [0.5, 0.6) is 0 Å². The monoisotopic (exact) mass is 400 g/mol. The lowest BCUT2D eigenvalue weighted by Crippen LogP contribution is -2.41. The number of aliphatic hydroxyl groups is 1. The Kier molecular flexibility index (Phi) is 18.0. The number of hydrogen-bond acceptors (Lipinski definition) is 3. The second-order valence-corrected chi connectivity index (χ2v) is 8.74. The summed E-state index contributed by atoms with van der Waals surface area (Å²) >= 11 is 0. The van der Waals surface area contributed by atoms with Gasteiger partial charge in [0.05, 0.1) is 6.10 Å². The Morgan fingerprint density at radius 2 is 1.14 bits per heavy atom. The van der Waals surface area contributed by atoms with E-state index in [4.69, 9.17) is 4.74 Å². The average molecular weight is 401 g/mol. The van der Waals surface area contributed by atoms with E-state index in [1.165, 1.54) is 89.9 Å². The van der Waals surface area contributed by atoms with Gasteiger partial charge in [-0.3, -0.25) is 0 Å². The van der Waals surface area contributed by atoms with Crippen LogP contribution in [0, 0.1) is 0 Å². The third-order valence-corrected chi connectivity index (χ3v) is 5.56. The van der Waals surface area contributed by atoms with Gasteiger partial charge in [0.2, 0.25) is 0 Å². The van der Waals surface area contributed by atoms with Crippen molar-refractivity contribution in [2.45, 2.75) is 142 Å². The Morgan fingerprint density at radius 3 is 1.46 bits per heavy atom. The Balaban J connectivity index is 3.36. The second-order valence-electron chi connectivity index (χ2n) is 8.74. The molecular formula is C24H48O4.